The summed E-state index contributed by atoms with van der Waals surface area (Å²) in [6.07, 6.45) is 1.69. The number of ether oxygens (including phenoxy) is 1. The number of nitrogens with one attached hydrogen (secondary N) is 1. The largest absolute Gasteiger partial charge is 0.497 e. The second-order valence-corrected chi connectivity index (χ2v) is 9.12. The van der Waals surface area contributed by atoms with Gasteiger partial charge in [-0.15, -0.1) is 11.3 Å². The number of methoxy groups -OCH3 is 1. The average molecular weight is 449 g/mol. The Bertz CT molecular complexity index is 1050. The molecule has 5 nitrogen and oxygen atoms in total. The highest BCUT2D eigenvalue weighted by Gasteiger charge is 2.41. The average Bonchev–Trinajstić information content (AvgIpc) is 3.33. The van der Waals surface area contributed by atoms with Gasteiger partial charge in [0.05, 0.1) is 19.1 Å². The maximum atomic E-state index is 13.3. The van der Waals surface area contributed by atoms with Crippen LogP contribution in [0.2, 0.25) is 0 Å². The van der Waals surface area contributed by atoms with Gasteiger partial charge in [-0.3, -0.25) is 9.59 Å². The Morgan fingerprint density at radius 2 is 1.88 bits per heavy atom. The lowest BCUT2D eigenvalue weighted by molar-refractivity contribution is -0.129. The Labute approximate surface area is 193 Å². The van der Waals surface area contributed by atoms with Gasteiger partial charge in [0.2, 0.25) is 11.8 Å². The smallest absolute Gasteiger partial charge is 0.227 e. The SMILES string of the molecule is COc1ccc([C@H]2[C@H](C(=O)NCCc3cccs3)CCC(=O)N2c2ccc(C)cc2)cc1. The van der Waals surface area contributed by atoms with Gasteiger partial charge in [0.1, 0.15) is 5.75 Å². The van der Waals surface area contributed by atoms with Crippen LogP contribution in [0.25, 0.3) is 0 Å². The first-order valence-electron chi connectivity index (χ1n) is 10.9. The molecule has 4 rings (SSSR count). The van der Waals surface area contributed by atoms with Gasteiger partial charge in [-0.2, -0.15) is 0 Å². The second-order valence-electron chi connectivity index (χ2n) is 8.08. The molecule has 0 radical (unpaired) electrons. The van der Waals surface area contributed by atoms with Gasteiger partial charge in [-0.1, -0.05) is 35.9 Å². The number of benzene rings is 2. The van der Waals surface area contributed by atoms with E-state index in [1.165, 1.54) is 4.88 Å². The van der Waals surface area contributed by atoms with E-state index in [2.05, 4.69) is 11.4 Å². The first kappa shape index (κ1) is 22.1. The van der Waals surface area contributed by atoms with Crippen LogP contribution < -0.4 is 15.0 Å². The Balaban J connectivity index is 1.62. The summed E-state index contributed by atoms with van der Waals surface area (Å²) >= 11 is 1.69. The number of carbonyl (C=O) groups excluding carboxylic acids is 2. The Hall–Kier alpha value is -3.12. The first-order valence-corrected chi connectivity index (χ1v) is 11.8. The summed E-state index contributed by atoms with van der Waals surface area (Å²) in [6.45, 7) is 2.61. The molecule has 166 valence electrons. The summed E-state index contributed by atoms with van der Waals surface area (Å²) in [5.74, 6) is 0.449. The first-order chi connectivity index (χ1) is 15.6. The van der Waals surface area contributed by atoms with Gasteiger partial charge in [0.15, 0.2) is 0 Å². The lowest BCUT2D eigenvalue weighted by Crippen LogP contribution is -2.48. The van der Waals surface area contributed by atoms with E-state index in [1.807, 2.05) is 66.9 Å². The van der Waals surface area contributed by atoms with E-state index in [0.717, 1.165) is 29.0 Å². The fraction of sp³-hybridized carbons (Fsp3) is 0.308. The van der Waals surface area contributed by atoms with Crippen LogP contribution in [0, 0.1) is 12.8 Å². The molecule has 0 saturated carbocycles. The highest BCUT2D eigenvalue weighted by Crippen LogP contribution is 2.40. The molecule has 2 aromatic carbocycles. The molecule has 6 heteroatoms. The monoisotopic (exact) mass is 448 g/mol. The highest BCUT2D eigenvalue weighted by atomic mass is 32.1. The molecule has 1 aliphatic rings. The van der Waals surface area contributed by atoms with Crippen molar-refractivity contribution in [1.82, 2.24) is 5.32 Å². The number of amides is 2. The van der Waals surface area contributed by atoms with E-state index in [4.69, 9.17) is 4.74 Å². The lowest BCUT2D eigenvalue weighted by atomic mass is 9.83. The fourth-order valence-electron chi connectivity index (χ4n) is 4.25. The summed E-state index contributed by atoms with van der Waals surface area (Å²) in [5.41, 5.74) is 2.87. The molecule has 0 aliphatic carbocycles. The Morgan fingerprint density at radius 1 is 1.12 bits per heavy atom. The van der Waals surface area contributed by atoms with Crippen molar-refractivity contribution in [2.75, 3.05) is 18.6 Å². The van der Waals surface area contributed by atoms with Crippen LogP contribution in [0.1, 0.15) is 34.9 Å². The summed E-state index contributed by atoms with van der Waals surface area (Å²) < 4.78 is 5.31. The Kier molecular flexibility index (Phi) is 6.90. The van der Waals surface area contributed by atoms with Crippen LogP contribution in [-0.4, -0.2) is 25.5 Å². The van der Waals surface area contributed by atoms with Crippen LogP contribution in [-0.2, 0) is 16.0 Å². The number of rotatable bonds is 7. The molecular formula is C26H28N2O3S. The topological polar surface area (TPSA) is 58.6 Å². The van der Waals surface area contributed by atoms with Crippen LogP contribution >= 0.6 is 11.3 Å². The van der Waals surface area contributed by atoms with Gasteiger partial charge in [0, 0.05) is 23.5 Å². The minimum atomic E-state index is -0.369. The molecule has 32 heavy (non-hydrogen) atoms. The van der Waals surface area contributed by atoms with Crippen molar-refractivity contribution in [2.24, 2.45) is 5.92 Å². The zero-order valence-electron chi connectivity index (χ0n) is 18.4. The third kappa shape index (κ3) is 4.86. The van der Waals surface area contributed by atoms with Crippen LogP contribution in [0.4, 0.5) is 5.69 Å². The van der Waals surface area contributed by atoms with E-state index < -0.39 is 0 Å². The maximum absolute atomic E-state index is 13.3. The van der Waals surface area contributed by atoms with Gasteiger partial charge >= 0.3 is 0 Å². The molecule has 1 N–H and O–H groups in total. The van der Waals surface area contributed by atoms with Crippen molar-refractivity contribution >= 4 is 28.8 Å². The number of anilines is 1. The zero-order chi connectivity index (χ0) is 22.5. The maximum Gasteiger partial charge on any atom is 0.227 e. The molecule has 1 aliphatic heterocycles. The number of carbonyl (C=O) groups is 2. The number of thiophene rings is 1. The molecular weight excluding hydrogens is 420 g/mol. The van der Waals surface area contributed by atoms with E-state index in [9.17, 15) is 9.59 Å². The fourth-order valence-corrected chi connectivity index (χ4v) is 4.96. The molecule has 2 heterocycles. The third-order valence-corrected chi connectivity index (χ3v) is 6.89. The molecule has 0 bridgehead atoms. The third-order valence-electron chi connectivity index (χ3n) is 5.95. The van der Waals surface area contributed by atoms with Crippen LogP contribution in [0.15, 0.2) is 66.0 Å². The molecule has 3 aromatic rings. The van der Waals surface area contributed by atoms with Crippen molar-refractivity contribution in [1.29, 1.82) is 0 Å². The predicted octanol–water partition coefficient (Wildman–Crippen LogP) is 4.91. The quantitative estimate of drug-likeness (QED) is 0.559. The number of piperidine rings is 1. The lowest BCUT2D eigenvalue weighted by Gasteiger charge is -2.41. The molecule has 1 aromatic heterocycles. The summed E-state index contributed by atoms with van der Waals surface area (Å²) in [6, 6.07) is 19.3. The number of hydrogen-bond donors (Lipinski definition) is 1. The summed E-state index contributed by atoms with van der Waals surface area (Å²) in [4.78, 5) is 29.4. The Morgan fingerprint density at radius 3 is 2.53 bits per heavy atom. The van der Waals surface area contributed by atoms with Crippen molar-refractivity contribution in [3.8, 4) is 5.75 Å². The zero-order valence-corrected chi connectivity index (χ0v) is 19.2. The van der Waals surface area contributed by atoms with E-state index in [-0.39, 0.29) is 23.8 Å². The highest BCUT2D eigenvalue weighted by molar-refractivity contribution is 7.09. The van der Waals surface area contributed by atoms with Crippen molar-refractivity contribution < 1.29 is 14.3 Å². The van der Waals surface area contributed by atoms with E-state index in [1.54, 1.807) is 23.3 Å². The molecule has 2 amide bonds. The summed E-state index contributed by atoms with van der Waals surface area (Å²) in [7, 11) is 1.63. The number of hydrogen-bond acceptors (Lipinski definition) is 4. The van der Waals surface area contributed by atoms with Gasteiger partial charge in [0.25, 0.3) is 0 Å². The van der Waals surface area contributed by atoms with Crippen LogP contribution in [0.5, 0.6) is 5.75 Å². The summed E-state index contributed by atoms with van der Waals surface area (Å²) in [5, 5.41) is 5.16. The van der Waals surface area contributed by atoms with Gasteiger partial charge in [-0.05, 0) is 61.0 Å². The molecule has 1 saturated heterocycles. The van der Waals surface area contributed by atoms with Crippen molar-refractivity contribution in [2.45, 2.75) is 32.2 Å². The predicted molar refractivity (Wildman–Crippen MR) is 128 cm³/mol. The molecule has 2 atom stereocenters. The van der Waals surface area contributed by atoms with Crippen molar-refractivity contribution in [3.63, 3.8) is 0 Å². The standard InChI is InChI=1S/C26H28N2O3S/c1-18-5-9-20(10-6-18)28-24(29)14-13-23(25(28)19-7-11-21(31-2)12-8-19)26(30)27-16-15-22-4-3-17-32-22/h3-12,17,23,25H,13-16H2,1-2H3,(H,27,30)/t23-,25+/m1/s1. The number of aryl methyl sites for hydroxylation is 1. The van der Waals surface area contributed by atoms with Gasteiger partial charge < -0.3 is 15.0 Å². The van der Waals surface area contributed by atoms with Gasteiger partial charge in [-0.25, -0.2) is 0 Å². The van der Waals surface area contributed by atoms with Crippen LogP contribution in [0.3, 0.4) is 0 Å². The molecule has 1 fully saturated rings. The van der Waals surface area contributed by atoms with Crippen molar-refractivity contribution in [3.05, 3.63) is 82.0 Å². The second kappa shape index (κ2) is 10.0. The van der Waals surface area contributed by atoms with E-state index in [0.29, 0.717) is 19.4 Å². The van der Waals surface area contributed by atoms with E-state index >= 15 is 0 Å². The number of nitrogens with zero attached hydrogens (tertiary/aromatic N) is 1. The minimum Gasteiger partial charge on any atom is -0.497 e. The minimum absolute atomic E-state index is 0.00742. The molecule has 0 spiro atoms. The normalized spacial score (nSPS) is 18.4. The molecule has 0 unspecified atom stereocenters.